The Morgan fingerprint density at radius 1 is 0.939 bits per heavy atom. The van der Waals surface area contributed by atoms with E-state index < -0.39 is 5.97 Å². The van der Waals surface area contributed by atoms with E-state index in [0.29, 0.717) is 11.3 Å². The summed E-state index contributed by atoms with van der Waals surface area (Å²) < 4.78 is 0. The van der Waals surface area contributed by atoms with Gasteiger partial charge in [-0.25, -0.2) is 14.8 Å². The van der Waals surface area contributed by atoms with Crippen molar-refractivity contribution in [2.75, 3.05) is 6.54 Å². The molecule has 1 heterocycles. The lowest BCUT2D eigenvalue weighted by Gasteiger charge is -2.11. The fourth-order valence-corrected chi connectivity index (χ4v) is 3.56. The van der Waals surface area contributed by atoms with E-state index >= 15 is 0 Å². The van der Waals surface area contributed by atoms with Gasteiger partial charge in [-0.2, -0.15) is 4.99 Å². The van der Waals surface area contributed by atoms with E-state index in [4.69, 9.17) is 5.73 Å². The van der Waals surface area contributed by atoms with Crippen LogP contribution in [0.4, 0.5) is 5.95 Å². The number of carboxylic acids is 1. The molecule has 0 atom stereocenters. The monoisotopic (exact) mass is 437 g/mol. The van der Waals surface area contributed by atoms with E-state index in [1.54, 1.807) is 24.3 Å². The van der Waals surface area contributed by atoms with Crippen molar-refractivity contribution in [3.05, 3.63) is 101 Å². The number of hydrogen-bond donors (Lipinski definition) is 2. The molecule has 7 heteroatoms. The van der Waals surface area contributed by atoms with Gasteiger partial charge in [-0.3, -0.25) is 4.99 Å². The summed E-state index contributed by atoms with van der Waals surface area (Å²) in [7, 11) is 0. The lowest BCUT2D eigenvalue weighted by atomic mass is 9.97. The minimum absolute atomic E-state index is 0.0620. The van der Waals surface area contributed by atoms with Crippen molar-refractivity contribution in [2.45, 2.75) is 13.8 Å². The molecule has 4 aromatic rings. The average Bonchev–Trinajstić information content (AvgIpc) is 2.80. The summed E-state index contributed by atoms with van der Waals surface area (Å²) in [5, 5.41) is 10.6. The van der Waals surface area contributed by atoms with Gasteiger partial charge in [-0.15, -0.1) is 0 Å². The van der Waals surface area contributed by atoms with Crippen molar-refractivity contribution in [1.82, 2.24) is 9.97 Å². The van der Waals surface area contributed by atoms with Gasteiger partial charge in [0.1, 0.15) is 5.84 Å². The first-order chi connectivity index (χ1) is 15.9. The van der Waals surface area contributed by atoms with Gasteiger partial charge >= 0.3 is 5.97 Å². The highest BCUT2D eigenvalue weighted by Crippen LogP contribution is 2.20. The smallest absolute Gasteiger partial charge is 0.336 e. The fourth-order valence-electron chi connectivity index (χ4n) is 3.56. The summed E-state index contributed by atoms with van der Waals surface area (Å²) in [4.78, 5) is 29.7. The van der Waals surface area contributed by atoms with Crippen molar-refractivity contribution < 1.29 is 9.90 Å². The second kappa shape index (κ2) is 9.40. The third kappa shape index (κ3) is 4.93. The van der Waals surface area contributed by atoms with Gasteiger partial charge in [0.15, 0.2) is 0 Å². The van der Waals surface area contributed by atoms with E-state index in [-0.39, 0.29) is 23.9 Å². The minimum atomic E-state index is -1.02. The Morgan fingerprint density at radius 2 is 1.64 bits per heavy atom. The summed E-state index contributed by atoms with van der Waals surface area (Å²) in [6, 6.07) is 22.1. The molecule has 0 fully saturated rings. The molecule has 0 aliphatic carbocycles. The number of aliphatic imine (C=N–C) groups is 2. The van der Waals surface area contributed by atoms with Gasteiger partial charge in [0.05, 0.1) is 29.0 Å². The van der Waals surface area contributed by atoms with Crippen molar-refractivity contribution in [3.8, 4) is 0 Å². The molecule has 0 bridgehead atoms. The Bertz CT molecular complexity index is 1390. The first-order valence-corrected chi connectivity index (χ1v) is 10.4. The molecule has 0 unspecified atom stereocenters. The normalized spacial score (nSPS) is 12.2. The van der Waals surface area contributed by atoms with Crippen molar-refractivity contribution in [3.63, 3.8) is 0 Å². The van der Waals surface area contributed by atoms with Gasteiger partial charge in [0.25, 0.3) is 5.95 Å². The Morgan fingerprint density at radius 3 is 2.36 bits per heavy atom. The maximum Gasteiger partial charge on any atom is 0.336 e. The predicted molar refractivity (Wildman–Crippen MR) is 131 cm³/mol. The quantitative estimate of drug-likeness (QED) is 0.341. The minimum Gasteiger partial charge on any atom is -0.478 e. The predicted octanol–water partition coefficient (Wildman–Crippen LogP) is 4.47. The van der Waals surface area contributed by atoms with Crippen molar-refractivity contribution in [1.29, 1.82) is 0 Å². The van der Waals surface area contributed by atoms with E-state index in [2.05, 4.69) is 20.0 Å². The number of hydrogen-bond acceptors (Lipinski definition) is 5. The van der Waals surface area contributed by atoms with E-state index in [0.717, 1.165) is 27.7 Å². The molecule has 33 heavy (non-hydrogen) atoms. The molecule has 4 rings (SSSR count). The second-order valence-corrected chi connectivity index (χ2v) is 7.61. The summed E-state index contributed by atoms with van der Waals surface area (Å²) in [5.41, 5.74) is 10.9. The molecule has 0 spiro atoms. The molecule has 3 N–H and O–H groups in total. The molecule has 7 nitrogen and oxygen atoms in total. The van der Waals surface area contributed by atoms with Crippen LogP contribution in [-0.2, 0) is 0 Å². The second-order valence-electron chi connectivity index (χ2n) is 7.61. The number of aromatic carboxylic acids is 1. The highest BCUT2D eigenvalue weighted by Gasteiger charge is 2.16. The van der Waals surface area contributed by atoms with Gasteiger partial charge in [0, 0.05) is 16.5 Å². The van der Waals surface area contributed by atoms with E-state index in [1.807, 2.05) is 62.4 Å². The number of benzene rings is 3. The largest absolute Gasteiger partial charge is 0.478 e. The molecular weight excluding hydrogens is 414 g/mol. The first-order valence-electron chi connectivity index (χ1n) is 10.4. The van der Waals surface area contributed by atoms with Crippen LogP contribution in [0.3, 0.4) is 0 Å². The van der Waals surface area contributed by atoms with Crippen molar-refractivity contribution >= 4 is 34.4 Å². The van der Waals surface area contributed by atoms with Crippen LogP contribution in [0, 0.1) is 13.8 Å². The average molecular weight is 438 g/mol. The van der Waals surface area contributed by atoms with Crippen LogP contribution in [0.25, 0.3) is 10.9 Å². The molecule has 0 radical (unpaired) electrons. The standard InChI is InChI=1S/C26H23N5O2/c1-16-12-13-22-21(14-16)17(2)29-26(30-22)31-23(27)15-28-24(18-8-4-3-5-9-18)19-10-6-7-11-20(19)25(32)33/h3-14H,15H2,1-2H3,(H,32,33)(H2,27,29,30,31). The molecule has 1 aromatic heterocycles. The van der Waals surface area contributed by atoms with Crippen molar-refractivity contribution in [2.24, 2.45) is 15.7 Å². The third-order valence-corrected chi connectivity index (χ3v) is 5.13. The first kappa shape index (κ1) is 21.8. The zero-order valence-electron chi connectivity index (χ0n) is 18.4. The summed E-state index contributed by atoms with van der Waals surface area (Å²) in [5.74, 6) is -0.531. The molecule has 0 aliphatic rings. The Balaban J connectivity index is 1.71. The van der Waals surface area contributed by atoms with Crippen LogP contribution >= 0.6 is 0 Å². The topological polar surface area (TPSA) is 114 Å². The summed E-state index contributed by atoms with van der Waals surface area (Å²) in [6.45, 7) is 3.99. The number of carboxylic acid groups (broad SMARTS) is 1. The highest BCUT2D eigenvalue weighted by atomic mass is 16.4. The maximum atomic E-state index is 11.8. The fraction of sp³-hybridized carbons (Fsp3) is 0.115. The molecule has 0 saturated carbocycles. The molecule has 164 valence electrons. The number of aryl methyl sites for hydroxylation is 2. The number of carbonyl (C=O) groups is 1. The van der Waals surface area contributed by atoms with Crippen LogP contribution in [0.15, 0.2) is 82.8 Å². The van der Waals surface area contributed by atoms with Gasteiger partial charge in [-0.05, 0) is 32.0 Å². The van der Waals surface area contributed by atoms with E-state index in [9.17, 15) is 9.90 Å². The zero-order valence-corrected chi connectivity index (χ0v) is 18.4. The van der Waals surface area contributed by atoms with Crippen LogP contribution in [-0.4, -0.2) is 39.1 Å². The number of nitrogens with zero attached hydrogens (tertiary/aromatic N) is 4. The zero-order chi connectivity index (χ0) is 23.4. The Kier molecular flexibility index (Phi) is 6.22. The molecule has 0 aliphatic heterocycles. The Hall–Kier alpha value is -4.39. The van der Waals surface area contributed by atoms with Crippen LogP contribution in [0.5, 0.6) is 0 Å². The van der Waals surface area contributed by atoms with Crippen LogP contribution in [0.2, 0.25) is 0 Å². The molecule has 0 amide bonds. The van der Waals surface area contributed by atoms with Gasteiger partial charge in [-0.1, -0.05) is 60.2 Å². The lowest BCUT2D eigenvalue weighted by molar-refractivity contribution is 0.0696. The highest BCUT2D eigenvalue weighted by molar-refractivity contribution is 6.17. The number of fused-ring (bicyclic) bond motifs is 1. The maximum absolute atomic E-state index is 11.8. The third-order valence-electron chi connectivity index (χ3n) is 5.13. The number of aromatic nitrogens is 2. The number of rotatable bonds is 6. The molecule has 0 saturated heterocycles. The van der Waals surface area contributed by atoms with Crippen LogP contribution in [0.1, 0.15) is 32.7 Å². The SMILES string of the molecule is Cc1ccc2nc(N=C(N)CN=C(c3ccccc3)c3ccccc3C(=O)O)nc(C)c2c1. The van der Waals surface area contributed by atoms with E-state index in [1.165, 1.54) is 0 Å². The molecular formula is C26H23N5O2. The van der Waals surface area contributed by atoms with Crippen LogP contribution < -0.4 is 5.73 Å². The summed E-state index contributed by atoms with van der Waals surface area (Å²) in [6.07, 6.45) is 0. The van der Waals surface area contributed by atoms with Gasteiger partial charge < -0.3 is 10.8 Å². The number of nitrogens with two attached hydrogens (primary N) is 1. The van der Waals surface area contributed by atoms with Gasteiger partial charge in [0.2, 0.25) is 0 Å². The number of amidine groups is 1. The summed E-state index contributed by atoms with van der Waals surface area (Å²) >= 11 is 0. The molecule has 3 aromatic carbocycles. The lowest BCUT2D eigenvalue weighted by Crippen LogP contribution is -2.18. The Labute approximate surface area is 191 Å².